The van der Waals surface area contributed by atoms with Gasteiger partial charge >= 0.3 is 0 Å². The molecule has 0 N–H and O–H groups in total. The van der Waals surface area contributed by atoms with Crippen molar-refractivity contribution in [2.24, 2.45) is 0 Å². The van der Waals surface area contributed by atoms with Gasteiger partial charge in [-0.15, -0.1) is 0 Å². The fourth-order valence-electron chi connectivity index (χ4n) is 0.575. The highest BCUT2D eigenvalue weighted by Crippen LogP contribution is 2.06. The molecule has 0 unspecified atom stereocenters. The summed E-state index contributed by atoms with van der Waals surface area (Å²) in [5.74, 6) is 0.806. The summed E-state index contributed by atoms with van der Waals surface area (Å²) < 4.78 is 4.91. The zero-order chi connectivity index (χ0) is 10.7. The van der Waals surface area contributed by atoms with Gasteiger partial charge in [0.2, 0.25) is 0 Å². The van der Waals surface area contributed by atoms with Gasteiger partial charge in [0.15, 0.2) is 0 Å². The van der Waals surface area contributed by atoms with Gasteiger partial charge in [-0.2, -0.15) is 0 Å². The fraction of sp³-hybridized carbons (Fsp3) is 0.545. The number of pyridine rings is 1. The molecule has 76 valence electrons. The first kappa shape index (κ1) is 14.5. The average molecular weight is 183 g/mol. The van der Waals surface area contributed by atoms with Crippen LogP contribution < -0.4 is 4.74 Å². The van der Waals surface area contributed by atoms with E-state index in [2.05, 4.69) is 4.98 Å². The second-order valence-corrected chi connectivity index (χ2v) is 1.84. The zero-order valence-electron chi connectivity index (χ0n) is 9.59. The minimum Gasteiger partial charge on any atom is -0.495 e. The van der Waals surface area contributed by atoms with Crippen LogP contribution in [0.4, 0.5) is 0 Å². The van der Waals surface area contributed by atoms with E-state index in [9.17, 15) is 0 Å². The van der Waals surface area contributed by atoms with E-state index >= 15 is 0 Å². The van der Waals surface area contributed by atoms with E-state index in [0.29, 0.717) is 0 Å². The minimum absolute atomic E-state index is 0.806. The molecule has 1 aromatic rings. The predicted molar refractivity (Wildman–Crippen MR) is 58.2 cm³/mol. The van der Waals surface area contributed by atoms with Crippen molar-refractivity contribution in [2.45, 2.75) is 34.6 Å². The fourth-order valence-corrected chi connectivity index (χ4v) is 0.575. The highest BCUT2D eigenvalue weighted by molar-refractivity contribution is 5.18. The normalized spacial score (nSPS) is 7.23. The third-order valence-electron chi connectivity index (χ3n) is 1.12. The largest absolute Gasteiger partial charge is 0.495 e. The SMILES string of the molecule is CC.CC.COc1ccc(C)nc1. The molecule has 0 aliphatic rings. The van der Waals surface area contributed by atoms with Crippen LogP contribution in [0.3, 0.4) is 0 Å². The summed E-state index contributed by atoms with van der Waals surface area (Å²) in [6.45, 7) is 9.94. The van der Waals surface area contributed by atoms with E-state index in [1.165, 1.54) is 0 Å². The molecule has 0 atom stereocenters. The summed E-state index contributed by atoms with van der Waals surface area (Å²) in [6.07, 6.45) is 1.70. The summed E-state index contributed by atoms with van der Waals surface area (Å²) >= 11 is 0. The molecule has 2 heteroatoms. The highest BCUT2D eigenvalue weighted by atomic mass is 16.5. The van der Waals surface area contributed by atoms with Crippen LogP contribution in [0.1, 0.15) is 33.4 Å². The third-order valence-corrected chi connectivity index (χ3v) is 1.12. The minimum atomic E-state index is 0.806. The number of hydrogen-bond acceptors (Lipinski definition) is 2. The van der Waals surface area contributed by atoms with Gasteiger partial charge in [-0.1, -0.05) is 27.7 Å². The molecule has 0 bridgehead atoms. The lowest BCUT2D eigenvalue weighted by atomic mass is 10.4. The van der Waals surface area contributed by atoms with Crippen molar-refractivity contribution >= 4 is 0 Å². The van der Waals surface area contributed by atoms with E-state index in [1.54, 1.807) is 13.3 Å². The maximum absolute atomic E-state index is 4.91. The van der Waals surface area contributed by atoms with E-state index < -0.39 is 0 Å². The summed E-state index contributed by atoms with van der Waals surface area (Å²) in [7, 11) is 1.63. The van der Waals surface area contributed by atoms with Crippen LogP contribution in [0.5, 0.6) is 5.75 Å². The second-order valence-electron chi connectivity index (χ2n) is 1.84. The van der Waals surface area contributed by atoms with Crippen molar-refractivity contribution in [3.63, 3.8) is 0 Å². The number of rotatable bonds is 1. The highest BCUT2D eigenvalue weighted by Gasteiger charge is 1.86. The van der Waals surface area contributed by atoms with Crippen molar-refractivity contribution in [2.75, 3.05) is 7.11 Å². The van der Waals surface area contributed by atoms with Crippen LogP contribution in [-0.2, 0) is 0 Å². The van der Waals surface area contributed by atoms with Crippen molar-refractivity contribution in [1.82, 2.24) is 4.98 Å². The molecule has 0 aliphatic carbocycles. The maximum Gasteiger partial charge on any atom is 0.137 e. The van der Waals surface area contributed by atoms with Crippen molar-refractivity contribution < 1.29 is 4.74 Å². The molecule has 0 aromatic carbocycles. The van der Waals surface area contributed by atoms with E-state index in [0.717, 1.165) is 11.4 Å². The third kappa shape index (κ3) is 7.32. The van der Waals surface area contributed by atoms with E-state index in [4.69, 9.17) is 4.74 Å². The number of aromatic nitrogens is 1. The van der Waals surface area contributed by atoms with Crippen molar-refractivity contribution in [3.8, 4) is 5.75 Å². The summed E-state index contributed by atoms with van der Waals surface area (Å²) in [6, 6.07) is 3.81. The van der Waals surface area contributed by atoms with Gasteiger partial charge in [0.1, 0.15) is 5.75 Å². The molecular weight excluding hydrogens is 162 g/mol. The molecule has 0 spiro atoms. The molecule has 0 radical (unpaired) electrons. The average Bonchev–Trinajstić information content (AvgIpc) is 2.25. The Balaban J connectivity index is 0. The number of ether oxygens (including phenoxy) is 1. The molecule has 2 nitrogen and oxygen atoms in total. The molecule has 0 saturated heterocycles. The van der Waals surface area contributed by atoms with Gasteiger partial charge in [0, 0.05) is 5.69 Å². The Kier molecular flexibility index (Phi) is 12.2. The molecule has 1 aromatic heterocycles. The van der Waals surface area contributed by atoms with Crippen LogP contribution >= 0.6 is 0 Å². The maximum atomic E-state index is 4.91. The van der Waals surface area contributed by atoms with Gasteiger partial charge in [-0.05, 0) is 19.1 Å². The Morgan fingerprint density at radius 3 is 1.92 bits per heavy atom. The monoisotopic (exact) mass is 183 g/mol. The van der Waals surface area contributed by atoms with Gasteiger partial charge in [0.25, 0.3) is 0 Å². The number of nitrogens with zero attached hydrogens (tertiary/aromatic N) is 1. The molecule has 0 fully saturated rings. The lowest BCUT2D eigenvalue weighted by molar-refractivity contribution is 0.412. The topological polar surface area (TPSA) is 22.1 Å². The van der Waals surface area contributed by atoms with Gasteiger partial charge in [-0.25, -0.2) is 0 Å². The molecule has 0 aliphatic heterocycles. The van der Waals surface area contributed by atoms with Crippen molar-refractivity contribution in [1.29, 1.82) is 0 Å². The Morgan fingerprint density at radius 1 is 1.08 bits per heavy atom. The Morgan fingerprint density at radius 2 is 1.62 bits per heavy atom. The summed E-state index contributed by atoms with van der Waals surface area (Å²) in [4.78, 5) is 4.02. The number of aryl methyl sites for hydroxylation is 1. The van der Waals surface area contributed by atoms with Crippen LogP contribution in [-0.4, -0.2) is 12.1 Å². The lowest BCUT2D eigenvalue weighted by Crippen LogP contribution is -1.84. The molecule has 1 heterocycles. The smallest absolute Gasteiger partial charge is 0.137 e. The van der Waals surface area contributed by atoms with Crippen molar-refractivity contribution in [3.05, 3.63) is 24.0 Å². The first-order valence-corrected chi connectivity index (χ1v) is 4.79. The standard InChI is InChI=1S/C7H9NO.2C2H6/c1-6-3-4-7(9-2)5-8-6;2*1-2/h3-5H,1-2H3;2*1-2H3. The predicted octanol–water partition coefficient (Wildman–Crippen LogP) is 3.45. The second kappa shape index (κ2) is 11.0. The molecule has 13 heavy (non-hydrogen) atoms. The Labute approximate surface area is 82.0 Å². The number of hydrogen-bond donors (Lipinski definition) is 0. The zero-order valence-corrected chi connectivity index (χ0v) is 9.59. The van der Waals surface area contributed by atoms with Gasteiger partial charge < -0.3 is 4.74 Å². The van der Waals surface area contributed by atoms with Crippen LogP contribution in [0.2, 0.25) is 0 Å². The first-order chi connectivity index (χ1) is 6.33. The van der Waals surface area contributed by atoms with E-state index in [-0.39, 0.29) is 0 Å². The molecule has 1 rings (SSSR count). The van der Waals surface area contributed by atoms with Gasteiger partial charge in [0.05, 0.1) is 13.3 Å². The Hall–Kier alpha value is -1.05. The van der Waals surface area contributed by atoms with Crippen LogP contribution in [0, 0.1) is 6.92 Å². The summed E-state index contributed by atoms with van der Waals surface area (Å²) in [5, 5.41) is 0. The van der Waals surface area contributed by atoms with E-state index in [1.807, 2.05) is 46.8 Å². The quantitative estimate of drug-likeness (QED) is 0.665. The van der Waals surface area contributed by atoms with Crippen LogP contribution in [0.25, 0.3) is 0 Å². The lowest BCUT2D eigenvalue weighted by Gasteiger charge is -1.96. The number of methoxy groups -OCH3 is 1. The van der Waals surface area contributed by atoms with Crippen LogP contribution in [0.15, 0.2) is 18.3 Å². The molecule has 0 amide bonds. The molecule has 0 saturated carbocycles. The Bertz CT molecular complexity index is 182. The molecular formula is C11H21NO. The van der Waals surface area contributed by atoms with Gasteiger partial charge in [-0.3, -0.25) is 4.98 Å². The first-order valence-electron chi connectivity index (χ1n) is 4.79. The summed E-state index contributed by atoms with van der Waals surface area (Å²) in [5.41, 5.74) is 1.01.